The van der Waals surface area contributed by atoms with Gasteiger partial charge in [-0.3, -0.25) is 0 Å². The van der Waals surface area contributed by atoms with Crippen LogP contribution < -0.4 is 0 Å². The molecule has 0 heterocycles. The molecule has 1 nitrogen and oxygen atoms in total. The van der Waals surface area contributed by atoms with Crippen LogP contribution in [0.1, 0.15) is 26.2 Å². The second-order valence-corrected chi connectivity index (χ2v) is 2.04. The number of hydrogen-bond donors (Lipinski definition) is 0. The monoisotopic (exact) mass is 128 g/mol. The third-order valence-corrected chi connectivity index (χ3v) is 1.07. The lowest BCUT2D eigenvalue weighted by Crippen LogP contribution is -1.95. The van der Waals surface area contributed by atoms with Gasteiger partial charge in [0, 0.05) is 13.2 Å². The second-order valence-electron chi connectivity index (χ2n) is 2.04. The molecule has 0 aromatic rings. The van der Waals surface area contributed by atoms with Gasteiger partial charge in [-0.25, -0.2) is 0 Å². The number of ether oxygens (including phenoxy) is 1. The highest BCUT2D eigenvalue weighted by Crippen LogP contribution is 1.93. The maximum Gasteiger partial charge on any atom is 0.0495 e. The van der Waals surface area contributed by atoms with Crippen LogP contribution in [-0.4, -0.2) is 13.2 Å². The van der Waals surface area contributed by atoms with E-state index in [0.29, 0.717) is 0 Å². The van der Waals surface area contributed by atoms with Crippen molar-refractivity contribution in [1.82, 2.24) is 0 Å². The van der Waals surface area contributed by atoms with E-state index in [2.05, 4.69) is 6.92 Å². The molecule has 0 aliphatic rings. The van der Waals surface area contributed by atoms with Crippen LogP contribution in [0.3, 0.4) is 0 Å². The molecule has 9 heavy (non-hydrogen) atoms. The first kappa shape index (κ1) is 8.96. The number of unbranched alkanes of at least 4 members (excludes halogenated alkanes) is 2. The molecule has 0 bridgehead atoms. The summed E-state index contributed by atoms with van der Waals surface area (Å²) >= 11 is 0. The van der Waals surface area contributed by atoms with E-state index in [1.807, 2.05) is 13.3 Å². The summed E-state index contributed by atoms with van der Waals surface area (Å²) in [4.78, 5) is 0. The van der Waals surface area contributed by atoms with Crippen LogP contribution in [0.2, 0.25) is 0 Å². The van der Waals surface area contributed by atoms with E-state index in [9.17, 15) is 0 Å². The Morgan fingerprint density at radius 3 is 2.78 bits per heavy atom. The summed E-state index contributed by atoms with van der Waals surface area (Å²) in [5.74, 6) is 0. The lowest BCUT2D eigenvalue weighted by Gasteiger charge is -1.99. The zero-order chi connectivity index (χ0) is 6.95. The van der Waals surface area contributed by atoms with Crippen molar-refractivity contribution >= 4 is 0 Å². The zero-order valence-corrected chi connectivity index (χ0v) is 6.23. The van der Waals surface area contributed by atoms with Crippen LogP contribution in [0.25, 0.3) is 0 Å². The van der Waals surface area contributed by atoms with E-state index in [1.54, 1.807) is 0 Å². The zero-order valence-electron chi connectivity index (χ0n) is 6.23. The van der Waals surface area contributed by atoms with Gasteiger partial charge >= 0.3 is 0 Å². The Morgan fingerprint density at radius 2 is 2.22 bits per heavy atom. The van der Waals surface area contributed by atoms with Gasteiger partial charge in [-0.1, -0.05) is 26.7 Å². The molecule has 0 saturated carbocycles. The normalized spacial score (nSPS) is 10.0. The molecule has 0 N–H and O–H groups in total. The highest BCUT2D eigenvalue weighted by Gasteiger charge is 1.84. The van der Waals surface area contributed by atoms with Gasteiger partial charge in [-0.05, 0) is 12.8 Å². The van der Waals surface area contributed by atoms with Crippen LogP contribution in [0.15, 0.2) is 0 Å². The SMILES string of the molecule is [CH2]CCCCOC[CH]C. The van der Waals surface area contributed by atoms with E-state index >= 15 is 0 Å². The minimum Gasteiger partial charge on any atom is -0.381 e. The van der Waals surface area contributed by atoms with E-state index in [4.69, 9.17) is 4.74 Å². The average Bonchev–Trinajstić information content (AvgIpc) is 1.89. The molecular weight excluding hydrogens is 112 g/mol. The summed E-state index contributed by atoms with van der Waals surface area (Å²) in [6.45, 7) is 7.42. The molecule has 0 aliphatic carbocycles. The lowest BCUT2D eigenvalue weighted by molar-refractivity contribution is 0.150. The van der Waals surface area contributed by atoms with Gasteiger partial charge in [0.1, 0.15) is 0 Å². The highest BCUT2D eigenvalue weighted by molar-refractivity contribution is 4.51. The first-order chi connectivity index (χ1) is 4.41. The summed E-state index contributed by atoms with van der Waals surface area (Å²) in [5.41, 5.74) is 0. The predicted octanol–water partition coefficient (Wildman–Crippen LogP) is 2.23. The Hall–Kier alpha value is -0.0400. The van der Waals surface area contributed by atoms with Crippen molar-refractivity contribution in [3.05, 3.63) is 13.3 Å². The Morgan fingerprint density at radius 1 is 1.44 bits per heavy atom. The second kappa shape index (κ2) is 7.96. The van der Waals surface area contributed by atoms with Crippen molar-refractivity contribution < 1.29 is 4.74 Å². The molecule has 0 fully saturated rings. The fourth-order valence-corrected chi connectivity index (χ4v) is 0.582. The third-order valence-electron chi connectivity index (χ3n) is 1.07. The molecular formula is C8H16O. The van der Waals surface area contributed by atoms with Crippen molar-refractivity contribution in [2.45, 2.75) is 26.2 Å². The Bertz CT molecular complexity index is 37.8. The summed E-state index contributed by atoms with van der Waals surface area (Å²) in [6.07, 6.45) is 5.38. The molecule has 2 radical (unpaired) electrons. The lowest BCUT2D eigenvalue weighted by atomic mass is 10.3. The third kappa shape index (κ3) is 7.96. The van der Waals surface area contributed by atoms with Crippen molar-refractivity contribution in [2.75, 3.05) is 13.2 Å². The van der Waals surface area contributed by atoms with Crippen molar-refractivity contribution in [3.8, 4) is 0 Å². The molecule has 0 amide bonds. The summed E-state index contributed by atoms with van der Waals surface area (Å²) in [7, 11) is 0. The molecule has 0 aromatic carbocycles. The Balaban J connectivity index is 2.60. The van der Waals surface area contributed by atoms with Gasteiger partial charge in [-0.15, -0.1) is 0 Å². The first-order valence-electron chi connectivity index (χ1n) is 3.56. The maximum absolute atomic E-state index is 5.20. The summed E-state index contributed by atoms with van der Waals surface area (Å²) in [5, 5.41) is 0. The van der Waals surface area contributed by atoms with Crippen molar-refractivity contribution in [3.63, 3.8) is 0 Å². The van der Waals surface area contributed by atoms with Gasteiger partial charge in [-0.2, -0.15) is 0 Å². The Labute approximate surface area is 58.4 Å². The number of rotatable bonds is 6. The van der Waals surface area contributed by atoms with E-state index < -0.39 is 0 Å². The quantitative estimate of drug-likeness (QED) is 0.498. The molecule has 0 atom stereocenters. The molecule has 0 aliphatic heterocycles. The molecule has 1 heteroatoms. The first-order valence-corrected chi connectivity index (χ1v) is 3.56. The minimum absolute atomic E-state index is 0.789. The predicted molar refractivity (Wildman–Crippen MR) is 40.0 cm³/mol. The van der Waals surface area contributed by atoms with E-state index in [1.165, 1.54) is 6.42 Å². The van der Waals surface area contributed by atoms with Crippen LogP contribution in [-0.2, 0) is 4.74 Å². The number of hydrogen-bond acceptors (Lipinski definition) is 1. The fraction of sp³-hybridized carbons (Fsp3) is 0.750. The summed E-state index contributed by atoms with van der Waals surface area (Å²) in [6, 6.07) is 0. The molecule has 54 valence electrons. The van der Waals surface area contributed by atoms with Gasteiger partial charge in [0.25, 0.3) is 0 Å². The largest absolute Gasteiger partial charge is 0.381 e. The molecule has 0 saturated heterocycles. The molecule has 0 spiro atoms. The Kier molecular flexibility index (Phi) is 7.92. The fourth-order valence-electron chi connectivity index (χ4n) is 0.582. The van der Waals surface area contributed by atoms with Gasteiger partial charge in [0.15, 0.2) is 0 Å². The molecule has 0 rings (SSSR count). The van der Waals surface area contributed by atoms with Crippen LogP contribution in [0.4, 0.5) is 0 Å². The van der Waals surface area contributed by atoms with Crippen molar-refractivity contribution in [1.29, 1.82) is 0 Å². The highest BCUT2D eigenvalue weighted by atomic mass is 16.5. The average molecular weight is 128 g/mol. The van der Waals surface area contributed by atoms with Crippen LogP contribution >= 0.6 is 0 Å². The molecule has 0 unspecified atom stereocenters. The van der Waals surface area contributed by atoms with Gasteiger partial charge in [0.05, 0.1) is 0 Å². The van der Waals surface area contributed by atoms with Crippen LogP contribution in [0.5, 0.6) is 0 Å². The van der Waals surface area contributed by atoms with E-state index in [-0.39, 0.29) is 0 Å². The van der Waals surface area contributed by atoms with E-state index in [0.717, 1.165) is 26.1 Å². The van der Waals surface area contributed by atoms with Gasteiger partial charge in [0.2, 0.25) is 0 Å². The topological polar surface area (TPSA) is 9.23 Å². The standard InChI is InChI=1S/C8H16O/c1-3-5-6-8-9-7-4-2/h4H,1,3,5-8H2,2H3. The van der Waals surface area contributed by atoms with Crippen molar-refractivity contribution in [2.24, 2.45) is 0 Å². The summed E-state index contributed by atoms with van der Waals surface area (Å²) < 4.78 is 5.20. The smallest absolute Gasteiger partial charge is 0.0495 e. The molecule has 0 aromatic heterocycles. The minimum atomic E-state index is 0.789. The maximum atomic E-state index is 5.20. The van der Waals surface area contributed by atoms with Gasteiger partial charge < -0.3 is 4.74 Å². The van der Waals surface area contributed by atoms with Crippen LogP contribution in [0, 0.1) is 13.3 Å².